The van der Waals surface area contributed by atoms with Gasteiger partial charge in [0.15, 0.2) is 0 Å². The van der Waals surface area contributed by atoms with Crippen molar-refractivity contribution in [1.29, 1.82) is 0 Å². The van der Waals surface area contributed by atoms with Crippen LogP contribution in [0, 0.1) is 0 Å². The van der Waals surface area contributed by atoms with Crippen molar-refractivity contribution in [2.75, 3.05) is 4.90 Å². The monoisotopic (exact) mass is 719 g/mol. The molecule has 0 fully saturated rings. The van der Waals surface area contributed by atoms with E-state index < -0.39 is 0 Å². The molecule has 3 heteroatoms. The Morgan fingerprint density at radius 1 is 0.345 bits per heavy atom. The molecule has 0 amide bonds. The largest absolute Gasteiger partial charge is 0.456 e. The van der Waals surface area contributed by atoms with Crippen molar-refractivity contribution < 1.29 is 4.42 Å². The minimum Gasteiger partial charge on any atom is -0.456 e. The van der Waals surface area contributed by atoms with Gasteiger partial charge in [0.2, 0.25) is 0 Å². The van der Waals surface area contributed by atoms with Crippen LogP contribution in [-0.4, -0.2) is 0 Å². The topological polar surface area (TPSA) is 16.4 Å². The summed E-state index contributed by atoms with van der Waals surface area (Å²) in [5, 5.41) is 7.23. The molecule has 0 saturated carbocycles. The first-order valence-electron chi connectivity index (χ1n) is 18.7. The average molecular weight is 720 g/mol. The lowest BCUT2D eigenvalue weighted by Crippen LogP contribution is -2.13. The van der Waals surface area contributed by atoms with Gasteiger partial charge in [-0.25, -0.2) is 0 Å². The predicted molar refractivity (Wildman–Crippen MR) is 235 cm³/mol. The third-order valence-corrected chi connectivity index (χ3v) is 12.0. The first kappa shape index (κ1) is 31.6. The first-order valence-corrected chi connectivity index (χ1v) is 19.5. The molecule has 9 aromatic carbocycles. The Morgan fingerprint density at radius 2 is 0.909 bits per heavy atom. The number of rotatable bonds is 6. The maximum absolute atomic E-state index is 6.43. The van der Waals surface area contributed by atoms with E-state index in [9.17, 15) is 0 Å². The van der Waals surface area contributed by atoms with Gasteiger partial charge in [-0.1, -0.05) is 152 Å². The number of anilines is 3. The van der Waals surface area contributed by atoms with E-state index in [1.54, 1.807) is 0 Å². The van der Waals surface area contributed by atoms with Crippen LogP contribution in [-0.2, 0) is 0 Å². The Labute approximate surface area is 322 Å². The second-order valence-electron chi connectivity index (χ2n) is 14.0. The number of furan rings is 1. The second-order valence-corrected chi connectivity index (χ2v) is 15.1. The smallest absolute Gasteiger partial charge is 0.136 e. The van der Waals surface area contributed by atoms with Crippen molar-refractivity contribution in [2.45, 2.75) is 0 Å². The molecular formula is C52H33NOS. The van der Waals surface area contributed by atoms with Crippen LogP contribution in [0.1, 0.15) is 0 Å². The van der Waals surface area contributed by atoms with Crippen molar-refractivity contribution in [3.63, 3.8) is 0 Å². The van der Waals surface area contributed by atoms with Gasteiger partial charge in [0.1, 0.15) is 11.2 Å². The molecule has 0 saturated heterocycles. The van der Waals surface area contributed by atoms with E-state index in [0.717, 1.165) is 55.7 Å². The fourth-order valence-electron chi connectivity index (χ4n) is 8.45. The number of hydrogen-bond donors (Lipinski definition) is 0. The van der Waals surface area contributed by atoms with Crippen molar-refractivity contribution >= 4 is 81.3 Å². The molecule has 2 heterocycles. The van der Waals surface area contributed by atoms with Crippen LogP contribution in [0.15, 0.2) is 205 Å². The van der Waals surface area contributed by atoms with Crippen LogP contribution < -0.4 is 4.90 Å². The van der Waals surface area contributed by atoms with Crippen LogP contribution in [0.3, 0.4) is 0 Å². The standard InChI is InChI=1S/C52H33NOS/c1-2-16-35-33-36(32-31-34(35)15-1)37-17-3-4-18-38(37)39-19-5-9-24-44(39)53(46-26-14-30-50-52(46)43-22-8-12-29-49(43)55-50)45-25-10-6-20-40(45)41-23-13-28-48-51(41)42-21-7-11-27-47(42)54-48/h1-33H. The molecule has 0 aliphatic rings. The Bertz CT molecular complexity index is 3240. The molecule has 2 aromatic heterocycles. The van der Waals surface area contributed by atoms with E-state index in [4.69, 9.17) is 4.42 Å². The molecule has 0 aliphatic carbocycles. The summed E-state index contributed by atoms with van der Waals surface area (Å²) in [5.74, 6) is 0. The highest BCUT2D eigenvalue weighted by Crippen LogP contribution is 2.51. The summed E-state index contributed by atoms with van der Waals surface area (Å²) in [6.07, 6.45) is 0. The van der Waals surface area contributed by atoms with E-state index in [1.165, 1.54) is 47.6 Å². The molecule has 0 bridgehead atoms. The fraction of sp³-hybridized carbons (Fsp3) is 0. The van der Waals surface area contributed by atoms with Crippen molar-refractivity contribution in [2.24, 2.45) is 0 Å². The molecule has 55 heavy (non-hydrogen) atoms. The van der Waals surface area contributed by atoms with E-state index in [1.807, 2.05) is 17.4 Å². The van der Waals surface area contributed by atoms with E-state index in [-0.39, 0.29) is 0 Å². The van der Waals surface area contributed by atoms with Gasteiger partial charge in [0.05, 0.1) is 17.1 Å². The second kappa shape index (κ2) is 12.9. The number of thiophene rings is 1. The van der Waals surface area contributed by atoms with Gasteiger partial charge >= 0.3 is 0 Å². The normalized spacial score (nSPS) is 11.6. The van der Waals surface area contributed by atoms with Gasteiger partial charge in [0.25, 0.3) is 0 Å². The maximum Gasteiger partial charge on any atom is 0.136 e. The van der Waals surface area contributed by atoms with E-state index >= 15 is 0 Å². The number of nitrogens with zero attached hydrogens (tertiary/aromatic N) is 1. The summed E-state index contributed by atoms with van der Waals surface area (Å²) in [6, 6.07) is 72.3. The molecule has 2 nitrogen and oxygen atoms in total. The van der Waals surface area contributed by atoms with E-state index in [2.05, 4.69) is 199 Å². The van der Waals surface area contributed by atoms with Gasteiger partial charge in [-0.2, -0.15) is 0 Å². The van der Waals surface area contributed by atoms with Gasteiger partial charge in [-0.15, -0.1) is 11.3 Å². The zero-order valence-electron chi connectivity index (χ0n) is 29.8. The highest BCUT2D eigenvalue weighted by Gasteiger charge is 2.25. The molecule has 0 aliphatic heterocycles. The first-order chi connectivity index (χ1) is 27.3. The van der Waals surface area contributed by atoms with Crippen LogP contribution in [0.4, 0.5) is 17.1 Å². The Balaban J connectivity index is 1.21. The summed E-state index contributed by atoms with van der Waals surface area (Å²) < 4.78 is 8.97. The quantitative estimate of drug-likeness (QED) is 0.170. The molecular weight excluding hydrogens is 687 g/mol. The highest BCUT2D eigenvalue weighted by molar-refractivity contribution is 7.26. The Morgan fingerprint density at radius 3 is 1.75 bits per heavy atom. The molecule has 0 N–H and O–H groups in total. The summed E-state index contributed by atoms with van der Waals surface area (Å²) in [6.45, 7) is 0. The molecule has 0 atom stereocenters. The fourth-order valence-corrected chi connectivity index (χ4v) is 9.58. The molecule has 0 radical (unpaired) electrons. The Kier molecular flexibility index (Phi) is 7.39. The highest BCUT2D eigenvalue weighted by atomic mass is 32.1. The summed E-state index contributed by atoms with van der Waals surface area (Å²) in [4.78, 5) is 2.50. The number of fused-ring (bicyclic) bond motifs is 7. The lowest BCUT2D eigenvalue weighted by atomic mass is 9.91. The SMILES string of the molecule is c1ccc(-c2ccccc2N(c2ccccc2-c2cccc3oc4ccccc4c23)c2cccc3sc4ccccc4c23)c(-c2ccc3ccccc3c2)c1. The van der Waals surface area contributed by atoms with Gasteiger partial charge in [0, 0.05) is 42.1 Å². The predicted octanol–water partition coefficient (Wildman–Crippen LogP) is 15.6. The lowest BCUT2D eigenvalue weighted by Gasteiger charge is -2.31. The number of hydrogen-bond acceptors (Lipinski definition) is 3. The third-order valence-electron chi connectivity index (χ3n) is 10.9. The van der Waals surface area contributed by atoms with Crippen molar-refractivity contribution in [1.82, 2.24) is 0 Å². The third kappa shape index (κ3) is 5.16. The van der Waals surface area contributed by atoms with Gasteiger partial charge in [-0.3, -0.25) is 0 Å². The van der Waals surface area contributed by atoms with Crippen LogP contribution >= 0.6 is 11.3 Å². The van der Waals surface area contributed by atoms with Crippen LogP contribution in [0.25, 0.3) is 86.3 Å². The Hall–Kier alpha value is -6.94. The molecule has 258 valence electrons. The maximum atomic E-state index is 6.43. The number of para-hydroxylation sites is 3. The summed E-state index contributed by atoms with van der Waals surface area (Å²) >= 11 is 1.85. The lowest BCUT2D eigenvalue weighted by molar-refractivity contribution is 0.669. The van der Waals surface area contributed by atoms with Gasteiger partial charge < -0.3 is 9.32 Å². The molecule has 11 aromatic rings. The van der Waals surface area contributed by atoms with Crippen LogP contribution in [0.2, 0.25) is 0 Å². The van der Waals surface area contributed by atoms with Crippen LogP contribution in [0.5, 0.6) is 0 Å². The van der Waals surface area contributed by atoms with Crippen molar-refractivity contribution in [3.05, 3.63) is 200 Å². The van der Waals surface area contributed by atoms with Crippen molar-refractivity contribution in [3.8, 4) is 33.4 Å². The molecule has 0 unspecified atom stereocenters. The van der Waals surface area contributed by atoms with E-state index in [0.29, 0.717) is 0 Å². The average Bonchev–Trinajstić information content (AvgIpc) is 3.83. The zero-order chi connectivity index (χ0) is 36.3. The van der Waals surface area contributed by atoms with Gasteiger partial charge in [-0.05, 0) is 81.6 Å². The molecule has 0 spiro atoms. The summed E-state index contributed by atoms with van der Waals surface area (Å²) in [7, 11) is 0. The minimum absolute atomic E-state index is 0.885. The number of benzene rings is 9. The molecule has 11 rings (SSSR count). The summed E-state index contributed by atoms with van der Waals surface area (Å²) in [5.41, 5.74) is 12.1. The zero-order valence-corrected chi connectivity index (χ0v) is 30.6. The minimum atomic E-state index is 0.885.